The maximum Gasteiger partial charge on any atom is 0.499 e. The molecule has 0 aliphatic carbocycles. The first-order valence-electron chi connectivity index (χ1n) is 34.0. The maximum absolute atomic E-state index is 8.95. The molecule has 19 rings (SSSR count). The van der Waals surface area contributed by atoms with Gasteiger partial charge < -0.3 is 19.2 Å². The monoisotopic (exact) mass is 1670 g/mol. The summed E-state index contributed by atoms with van der Waals surface area (Å²) < 4.78 is 8.60. The van der Waals surface area contributed by atoms with Crippen LogP contribution in [-0.4, -0.2) is 34.7 Å². The van der Waals surface area contributed by atoms with E-state index in [4.69, 9.17) is 10.0 Å². The van der Waals surface area contributed by atoms with Gasteiger partial charge in [0, 0.05) is 100.0 Å². The first-order chi connectivity index (χ1) is 51.6. The summed E-state index contributed by atoms with van der Waals surface area (Å²) in [4.78, 5) is 10.2. The third-order valence-corrected chi connectivity index (χ3v) is 24.8. The minimum absolute atomic E-state index is 0. The summed E-state index contributed by atoms with van der Waals surface area (Å²) in [5.41, 5.74) is 17.2. The van der Waals surface area contributed by atoms with Gasteiger partial charge in [-0.05, 0) is 183 Å². The fourth-order valence-corrected chi connectivity index (χ4v) is 18.5. The topological polar surface area (TPSA) is 50.3 Å². The van der Waals surface area contributed by atoms with Crippen molar-refractivity contribution in [3.05, 3.63) is 389 Å². The minimum atomic E-state index is -1.36. The molecule has 107 heavy (non-hydrogen) atoms. The van der Waals surface area contributed by atoms with Crippen molar-refractivity contribution in [2.24, 2.45) is 0 Å². The Bertz CT molecular complexity index is 5970. The van der Waals surface area contributed by atoms with Crippen LogP contribution in [0.1, 0.15) is 8.85 Å². The van der Waals surface area contributed by atoms with E-state index in [9.17, 15) is 0 Å². The number of nitrogens with zero attached hydrogens (tertiary/aromatic N) is 2. The van der Waals surface area contributed by atoms with Crippen molar-refractivity contribution in [3.8, 4) is 94.9 Å². The molecule has 0 spiro atoms. The Balaban J connectivity index is 0.000000132. The average Bonchev–Trinajstić information content (AvgIpc) is 1.60. The van der Waals surface area contributed by atoms with E-state index in [0.29, 0.717) is 4.78 Å². The van der Waals surface area contributed by atoms with Gasteiger partial charge in [-0.25, -0.2) is 0 Å². The summed E-state index contributed by atoms with van der Waals surface area (Å²) in [5, 5.41) is 25.1. The van der Waals surface area contributed by atoms with Gasteiger partial charge in [-0.3, -0.25) is 0 Å². The molecule has 0 saturated carbocycles. The number of hydrogen-bond donors (Lipinski definition) is 2. The van der Waals surface area contributed by atoms with Crippen molar-refractivity contribution in [2.45, 2.75) is 7.43 Å². The molecule has 0 aliphatic heterocycles. The van der Waals surface area contributed by atoms with Crippen molar-refractivity contribution in [2.75, 3.05) is 0 Å². The smallest absolute Gasteiger partial charge is 0.423 e. The second-order valence-corrected chi connectivity index (χ2v) is 32.6. The van der Waals surface area contributed by atoms with Crippen LogP contribution in [0.2, 0.25) is 0 Å². The summed E-state index contributed by atoms with van der Waals surface area (Å²) in [5.74, 6) is 0. The standard InChI is InChI=1S/C28H17Br2NS.C28H19NS.C16H11BrS.C10H9BO2S.C10H8S.CH4.B.H2/c29-20-9-11-25-23(16-20)24-17-21(30)10-12-26(24)31(25)22-8-4-7-19(15-22)28-14-13-27(32-28)18-5-2-1-3-6-18;1-2-9-20(10-3-1)27-17-18-28(30-27)21-11-8-12-22(19-21)29-25-15-6-4-13-23(25)24-14-5-7-16-26(24)29;17-14-8-4-7-13(11-14)16-10-9-15(18-16)12-5-2-1-3-6-12;12-11(13)10-7-6-9(14-10)8-4-2-1-3-5-8;1-2-5-9(6-3-1)10-7-4-8-11-10;;;/h1-17H;1-19H;1-11H;1-7,12-13H;1-8H;1H4;;1H/i;;;;;;;1+1. The lowest BCUT2D eigenvalue weighted by Crippen LogP contribution is -2.26. The van der Waals surface area contributed by atoms with Gasteiger partial charge in [0.1, 0.15) is 0 Å². The van der Waals surface area contributed by atoms with Gasteiger partial charge in [0.05, 0.1) is 22.1 Å². The molecule has 0 bridgehead atoms. The lowest BCUT2D eigenvalue weighted by atomic mass is 9.90. The van der Waals surface area contributed by atoms with Crippen LogP contribution in [0, 0.1) is 0 Å². The fourth-order valence-electron chi connectivity index (χ4n) is 12.7. The van der Waals surface area contributed by atoms with Crippen LogP contribution in [-0.2, 0) is 0 Å². The van der Waals surface area contributed by atoms with E-state index in [1.165, 1.54) is 139 Å². The van der Waals surface area contributed by atoms with Crippen molar-refractivity contribution >= 4 is 168 Å². The predicted octanol–water partition coefficient (Wildman–Crippen LogP) is 28.7. The number of rotatable bonds is 11. The number of fused-ring (bicyclic) bond motifs is 6. The molecule has 19 aromatic rings. The van der Waals surface area contributed by atoms with Crippen LogP contribution in [0.15, 0.2) is 389 Å². The highest BCUT2D eigenvalue weighted by molar-refractivity contribution is 9.11. The Hall–Kier alpha value is -9.77. The summed E-state index contributed by atoms with van der Waals surface area (Å²) in [6.45, 7) is 0. The molecular weight excluding hydrogens is 1600 g/mol. The molecule has 2 N–H and O–H groups in total. The molecule has 521 valence electrons. The molecule has 0 amide bonds. The van der Waals surface area contributed by atoms with E-state index < -0.39 is 7.12 Å². The summed E-state index contributed by atoms with van der Waals surface area (Å²) in [7, 11) is -1.36. The van der Waals surface area contributed by atoms with Crippen LogP contribution in [0.25, 0.3) is 139 Å². The van der Waals surface area contributed by atoms with E-state index in [-0.39, 0.29) is 17.3 Å². The lowest BCUT2D eigenvalue weighted by molar-refractivity contribution is 0.427. The van der Waals surface area contributed by atoms with Crippen LogP contribution in [0.4, 0.5) is 0 Å². The SMILES string of the molecule is Brc1ccc2c(c1)c1cc(Br)ccc1n2-c1cccc(-c2ccc(-c3ccccc3)s2)c1.Brc1cccc(-c2ccc(-c3ccccc3)s2)c1.C.OB(O)c1ccc(-c2ccccc2)s1.[2HH].[B].c1ccc(-c2ccc(-c3cccc(-n4c5ccccc5c5ccccc54)c3)s2)cc1.c1ccc(-c2cccs2)cc1. The van der Waals surface area contributed by atoms with E-state index >= 15 is 0 Å². The Morgan fingerprint density at radius 2 is 0.561 bits per heavy atom. The van der Waals surface area contributed by atoms with Crippen molar-refractivity contribution < 1.29 is 11.5 Å². The molecule has 0 unspecified atom stereocenters. The third kappa shape index (κ3) is 17.8. The van der Waals surface area contributed by atoms with Crippen molar-refractivity contribution in [3.63, 3.8) is 0 Å². The zero-order valence-electron chi connectivity index (χ0n) is 56.9. The summed E-state index contributed by atoms with van der Waals surface area (Å²) in [6.07, 6.45) is 0. The first kappa shape index (κ1) is 75.5. The van der Waals surface area contributed by atoms with Crippen LogP contribution >= 0.6 is 104 Å². The first-order valence-corrected chi connectivity index (χ1v) is 40.6. The zero-order chi connectivity index (χ0) is 71.4. The molecule has 14 heteroatoms. The van der Waals surface area contributed by atoms with Gasteiger partial charge in [0.25, 0.3) is 0 Å². The molecule has 4 nitrogen and oxygen atoms in total. The number of benzene rings is 12. The molecule has 0 atom stereocenters. The Kier molecular flexibility index (Phi) is 25.2. The number of thiophene rings is 5. The maximum atomic E-state index is 8.95. The largest absolute Gasteiger partial charge is 0.499 e. The summed E-state index contributed by atoms with van der Waals surface area (Å²) >= 11 is 19.5. The van der Waals surface area contributed by atoms with Crippen molar-refractivity contribution in [1.82, 2.24) is 9.13 Å². The zero-order valence-corrected chi connectivity index (χ0v) is 65.8. The van der Waals surface area contributed by atoms with Crippen LogP contribution in [0.5, 0.6) is 0 Å². The number of halogens is 3. The highest BCUT2D eigenvalue weighted by Gasteiger charge is 2.18. The molecule has 0 aliphatic rings. The fraction of sp³-hybridized carbons (Fsp3) is 0.0108. The average molecular weight is 1670 g/mol. The molecule has 7 heterocycles. The van der Waals surface area contributed by atoms with Crippen LogP contribution < -0.4 is 4.78 Å². The highest BCUT2D eigenvalue weighted by Crippen LogP contribution is 2.42. The van der Waals surface area contributed by atoms with Gasteiger partial charge in [0.15, 0.2) is 0 Å². The molecule has 0 fully saturated rings. The van der Waals surface area contributed by atoms with E-state index in [1.54, 1.807) is 17.4 Å². The van der Waals surface area contributed by atoms with Crippen LogP contribution in [0.3, 0.4) is 0 Å². The third-order valence-electron chi connectivity index (χ3n) is 17.7. The molecule has 7 aromatic heterocycles. The number of aromatic nitrogens is 2. The number of hydrogen-bond acceptors (Lipinski definition) is 7. The summed E-state index contributed by atoms with van der Waals surface area (Å²) in [6, 6.07) is 130. The number of para-hydroxylation sites is 2. The molecule has 12 aromatic carbocycles. The van der Waals surface area contributed by atoms with Gasteiger partial charge in [-0.15, -0.1) is 56.7 Å². The second-order valence-electron chi connectivity index (χ2n) is 24.5. The quantitative estimate of drug-likeness (QED) is 0.127. The Morgan fingerprint density at radius 3 is 0.925 bits per heavy atom. The predicted molar refractivity (Wildman–Crippen MR) is 481 cm³/mol. The van der Waals surface area contributed by atoms with Gasteiger partial charge in [0.2, 0.25) is 0 Å². The van der Waals surface area contributed by atoms with Gasteiger partial charge >= 0.3 is 7.12 Å². The molecule has 3 radical (unpaired) electrons. The van der Waals surface area contributed by atoms with E-state index in [1.807, 2.05) is 82.5 Å². The van der Waals surface area contributed by atoms with Gasteiger partial charge in [-0.2, -0.15) is 0 Å². The molecular formula is C93H70B2Br3N2O2S5. The highest BCUT2D eigenvalue weighted by atomic mass is 79.9. The molecule has 0 saturated heterocycles. The minimum Gasteiger partial charge on any atom is -0.423 e. The Labute approximate surface area is 673 Å². The second kappa shape index (κ2) is 35.8. The van der Waals surface area contributed by atoms with Crippen molar-refractivity contribution in [1.29, 1.82) is 0 Å². The van der Waals surface area contributed by atoms with E-state index in [0.717, 1.165) is 23.9 Å². The normalized spacial score (nSPS) is 10.7. The lowest BCUT2D eigenvalue weighted by Gasteiger charge is -2.09. The van der Waals surface area contributed by atoms with Gasteiger partial charge in [-0.1, -0.05) is 292 Å². The van der Waals surface area contributed by atoms with E-state index in [2.05, 4.69) is 378 Å². The Morgan fingerprint density at radius 1 is 0.252 bits per heavy atom.